The van der Waals surface area contributed by atoms with Gasteiger partial charge >= 0.3 is 12.1 Å². The van der Waals surface area contributed by atoms with Crippen LogP contribution < -0.4 is 10.6 Å². The summed E-state index contributed by atoms with van der Waals surface area (Å²) in [5.74, 6) is -0.255. The zero-order chi connectivity index (χ0) is 31.4. The van der Waals surface area contributed by atoms with Crippen LogP contribution in [0.15, 0.2) is 72.4 Å². The van der Waals surface area contributed by atoms with E-state index < -0.39 is 18.2 Å². The molecule has 3 heterocycles. The van der Waals surface area contributed by atoms with Crippen LogP contribution in [0.3, 0.4) is 0 Å². The molecule has 3 aromatic rings. The highest BCUT2D eigenvalue weighted by molar-refractivity contribution is 7.09. The van der Waals surface area contributed by atoms with Crippen molar-refractivity contribution in [2.24, 2.45) is 0 Å². The molecule has 5 rings (SSSR count). The standard InChI is InChI=1S/C34H43N5O5S/c40-29-20-31(39(22-29)34(43)38-16-8-3-9-17-38)32(41)36-27(18-25-10-4-1-5-11-25)14-15-28(19-26-12-6-2-7-13-26)37-33(42)44-23-30-21-35-24-45-30/h1-2,4-7,10-13,21,24,27-29,31,40H,3,8-9,14-20,22-23H2,(H,36,41)(H,37,42). The maximum atomic E-state index is 13.8. The Balaban J connectivity index is 1.26. The number of aliphatic hydroxyl groups excluding tert-OH is 1. The molecule has 2 aliphatic heterocycles. The van der Waals surface area contributed by atoms with Crippen molar-refractivity contribution in [3.05, 3.63) is 88.4 Å². The van der Waals surface area contributed by atoms with Gasteiger partial charge in [-0.3, -0.25) is 9.78 Å². The van der Waals surface area contributed by atoms with E-state index in [-0.39, 0.29) is 43.6 Å². The topological polar surface area (TPSA) is 124 Å². The molecule has 10 nitrogen and oxygen atoms in total. The Kier molecular flexibility index (Phi) is 11.8. The van der Waals surface area contributed by atoms with Gasteiger partial charge in [-0.2, -0.15) is 0 Å². The van der Waals surface area contributed by atoms with Crippen molar-refractivity contribution in [2.45, 2.75) is 82.2 Å². The molecule has 2 fully saturated rings. The maximum absolute atomic E-state index is 13.8. The molecule has 0 saturated carbocycles. The molecule has 4 atom stereocenters. The number of carbonyl (C=O) groups excluding carboxylic acids is 3. The van der Waals surface area contributed by atoms with Crippen LogP contribution in [0.25, 0.3) is 0 Å². The number of piperidine rings is 1. The third-order valence-electron chi connectivity index (χ3n) is 8.46. The van der Waals surface area contributed by atoms with Gasteiger partial charge in [0.05, 0.1) is 16.5 Å². The van der Waals surface area contributed by atoms with E-state index in [1.54, 1.807) is 21.5 Å². The molecule has 0 bridgehead atoms. The Bertz CT molecular complexity index is 1350. The summed E-state index contributed by atoms with van der Waals surface area (Å²) in [4.78, 5) is 48.2. The summed E-state index contributed by atoms with van der Waals surface area (Å²) in [6, 6.07) is 18.5. The lowest BCUT2D eigenvalue weighted by molar-refractivity contribution is -0.125. The highest BCUT2D eigenvalue weighted by atomic mass is 32.1. The summed E-state index contributed by atoms with van der Waals surface area (Å²) in [7, 11) is 0. The van der Waals surface area contributed by atoms with Crippen molar-refractivity contribution in [1.29, 1.82) is 0 Å². The fourth-order valence-corrected chi connectivity index (χ4v) is 6.65. The number of carbonyl (C=O) groups is 3. The largest absolute Gasteiger partial charge is 0.444 e. The van der Waals surface area contributed by atoms with Crippen LogP contribution in [0.4, 0.5) is 9.59 Å². The zero-order valence-corrected chi connectivity index (χ0v) is 26.4. The van der Waals surface area contributed by atoms with Gasteiger partial charge in [0, 0.05) is 44.3 Å². The van der Waals surface area contributed by atoms with Crippen molar-refractivity contribution in [1.82, 2.24) is 25.4 Å². The molecule has 0 radical (unpaired) electrons. The number of hydrogen-bond donors (Lipinski definition) is 3. The first-order valence-electron chi connectivity index (χ1n) is 15.9. The van der Waals surface area contributed by atoms with E-state index in [0.29, 0.717) is 38.8 Å². The number of urea groups is 1. The van der Waals surface area contributed by atoms with Gasteiger partial charge in [-0.1, -0.05) is 60.7 Å². The Morgan fingerprint density at radius 3 is 2.13 bits per heavy atom. The average molecular weight is 634 g/mol. The van der Waals surface area contributed by atoms with Gasteiger partial charge in [0.1, 0.15) is 12.6 Å². The Morgan fingerprint density at radius 1 is 0.911 bits per heavy atom. The summed E-state index contributed by atoms with van der Waals surface area (Å²) in [6.07, 6.45) is 6.04. The van der Waals surface area contributed by atoms with Crippen LogP contribution in [0, 0.1) is 0 Å². The first-order chi connectivity index (χ1) is 21.9. The number of β-amino-alcohol motifs (C(OH)–C–C–N with tert-alkyl or cyclic N) is 1. The molecule has 240 valence electrons. The number of nitrogens with zero attached hydrogens (tertiary/aromatic N) is 3. The number of hydrogen-bond acceptors (Lipinski definition) is 7. The highest BCUT2D eigenvalue weighted by Crippen LogP contribution is 2.23. The van der Waals surface area contributed by atoms with Crippen molar-refractivity contribution in [3.8, 4) is 0 Å². The van der Waals surface area contributed by atoms with E-state index in [4.69, 9.17) is 4.74 Å². The van der Waals surface area contributed by atoms with Crippen LogP contribution in [-0.4, -0.2) is 81.8 Å². The fraction of sp³-hybridized carbons (Fsp3) is 0.471. The van der Waals surface area contributed by atoms with Crippen molar-refractivity contribution in [2.75, 3.05) is 19.6 Å². The summed E-state index contributed by atoms with van der Waals surface area (Å²) in [6.45, 7) is 1.67. The summed E-state index contributed by atoms with van der Waals surface area (Å²) >= 11 is 1.43. The van der Waals surface area contributed by atoms with Crippen molar-refractivity contribution < 1.29 is 24.2 Å². The fourth-order valence-electron chi connectivity index (χ4n) is 6.15. The van der Waals surface area contributed by atoms with Crippen molar-refractivity contribution >= 4 is 29.4 Å². The molecule has 2 aliphatic rings. The number of alkyl carbamates (subject to hydrolysis) is 1. The molecule has 1 aromatic heterocycles. The summed E-state index contributed by atoms with van der Waals surface area (Å²) < 4.78 is 5.47. The first kappa shape index (κ1) is 32.4. The minimum absolute atomic E-state index is 0.154. The quantitative estimate of drug-likeness (QED) is 0.269. The first-order valence-corrected chi connectivity index (χ1v) is 16.7. The van der Waals surface area contributed by atoms with Gasteiger partial charge in [-0.25, -0.2) is 9.59 Å². The van der Waals surface area contributed by atoms with E-state index >= 15 is 0 Å². The highest BCUT2D eigenvalue weighted by Gasteiger charge is 2.41. The molecule has 4 amide bonds. The van der Waals surface area contributed by atoms with E-state index in [1.807, 2.05) is 60.7 Å². The number of aromatic nitrogens is 1. The summed E-state index contributed by atoms with van der Waals surface area (Å²) in [5, 5.41) is 16.8. The minimum Gasteiger partial charge on any atom is -0.444 e. The van der Waals surface area contributed by atoms with E-state index in [1.165, 1.54) is 11.3 Å². The predicted molar refractivity (Wildman–Crippen MR) is 173 cm³/mol. The molecule has 11 heteroatoms. The molecule has 3 N–H and O–H groups in total. The average Bonchev–Trinajstić information content (AvgIpc) is 3.73. The monoisotopic (exact) mass is 633 g/mol. The molecule has 2 saturated heterocycles. The number of rotatable bonds is 12. The van der Waals surface area contributed by atoms with Gasteiger partial charge in [0.25, 0.3) is 0 Å². The van der Waals surface area contributed by atoms with Crippen LogP contribution in [0.1, 0.15) is 54.5 Å². The number of likely N-dealkylation sites (tertiary alicyclic amines) is 2. The number of ether oxygens (including phenoxy) is 1. The van der Waals surface area contributed by atoms with Gasteiger partial charge in [-0.15, -0.1) is 11.3 Å². The van der Waals surface area contributed by atoms with E-state index in [9.17, 15) is 19.5 Å². The number of amides is 4. The lowest BCUT2D eigenvalue weighted by atomic mass is 9.95. The number of thiazole rings is 1. The smallest absolute Gasteiger partial charge is 0.407 e. The van der Waals surface area contributed by atoms with Crippen LogP contribution in [-0.2, 0) is 29.0 Å². The normalized spacial score (nSPS) is 19.5. The van der Waals surface area contributed by atoms with Gasteiger partial charge in [-0.05, 0) is 56.1 Å². The lowest BCUT2D eigenvalue weighted by Gasteiger charge is -2.34. The van der Waals surface area contributed by atoms with Crippen LogP contribution >= 0.6 is 11.3 Å². The second-order valence-corrected chi connectivity index (χ2v) is 12.9. The van der Waals surface area contributed by atoms with E-state index in [0.717, 1.165) is 35.3 Å². The Hall–Kier alpha value is -3.96. The number of nitrogens with one attached hydrogen (secondary N) is 2. The Morgan fingerprint density at radius 2 is 1.53 bits per heavy atom. The second kappa shape index (κ2) is 16.4. The number of aliphatic hydroxyl groups is 1. The minimum atomic E-state index is -0.738. The molecular weight excluding hydrogens is 590 g/mol. The van der Waals surface area contributed by atoms with Gasteiger partial charge in [0.2, 0.25) is 5.91 Å². The zero-order valence-electron chi connectivity index (χ0n) is 25.6. The van der Waals surface area contributed by atoms with Crippen molar-refractivity contribution in [3.63, 3.8) is 0 Å². The molecule has 4 unspecified atom stereocenters. The molecule has 2 aromatic carbocycles. The number of benzene rings is 2. The SMILES string of the molecule is O=C(NC(CCC(Cc1ccccc1)NC(=O)C1CC(O)CN1C(=O)N1CCCCC1)Cc1ccccc1)OCc1cncs1. The predicted octanol–water partition coefficient (Wildman–Crippen LogP) is 4.53. The van der Waals surface area contributed by atoms with Crippen LogP contribution in [0.2, 0.25) is 0 Å². The maximum Gasteiger partial charge on any atom is 0.407 e. The van der Waals surface area contributed by atoms with Gasteiger partial charge < -0.3 is 30.3 Å². The third kappa shape index (κ3) is 9.76. The molecule has 0 aliphatic carbocycles. The summed E-state index contributed by atoms with van der Waals surface area (Å²) in [5.41, 5.74) is 3.86. The lowest BCUT2D eigenvalue weighted by Crippen LogP contribution is -2.53. The van der Waals surface area contributed by atoms with E-state index in [2.05, 4.69) is 15.6 Å². The molecule has 0 spiro atoms. The van der Waals surface area contributed by atoms with Crippen LogP contribution in [0.5, 0.6) is 0 Å². The second-order valence-electron chi connectivity index (χ2n) is 11.9. The molecule has 45 heavy (non-hydrogen) atoms. The van der Waals surface area contributed by atoms with Gasteiger partial charge in [0.15, 0.2) is 0 Å². The third-order valence-corrected chi connectivity index (χ3v) is 9.22. The molecular formula is C34H43N5O5S. The Labute approximate surface area is 268 Å².